The normalized spacial score (nSPS) is 19.4. The third-order valence-electron chi connectivity index (χ3n) is 13.8. The lowest BCUT2D eigenvalue weighted by Gasteiger charge is -2.45. The zero-order chi connectivity index (χ0) is 49.6. The molecule has 370 valence electrons. The van der Waals surface area contributed by atoms with Crippen molar-refractivity contribution in [3.8, 4) is 23.0 Å². The second-order valence-corrected chi connectivity index (χ2v) is 20.6. The van der Waals surface area contributed by atoms with Crippen LogP contribution in [0.15, 0.2) is 72.8 Å². The van der Waals surface area contributed by atoms with E-state index in [0.29, 0.717) is 97.9 Å². The van der Waals surface area contributed by atoms with E-state index >= 15 is 13.2 Å². The Morgan fingerprint density at radius 2 is 1.66 bits per heavy atom. The van der Waals surface area contributed by atoms with Crippen molar-refractivity contribution in [2.24, 2.45) is 18.9 Å². The monoisotopic (exact) mass is 985 g/mol. The Labute approximate surface area is 403 Å². The Hall–Kier alpha value is -6.67. The molecular formula is C50H54F3N7O9S. The number of anilines is 2. The Bertz CT molecular complexity index is 2980. The molecule has 1 N–H and O–H groups in total. The minimum atomic E-state index is -3.70. The molecule has 3 fully saturated rings. The fraction of sp³-hybridized carbons (Fsp3) is 0.420. The highest BCUT2D eigenvalue weighted by molar-refractivity contribution is 7.90. The molecule has 0 spiro atoms. The molecule has 9 rings (SSSR count). The average molecular weight is 986 g/mol. The number of aromatic nitrogens is 2. The molecular weight excluding hydrogens is 932 g/mol. The SMILES string of the molecule is CCOc1cc(C(CS(C)(=O)=O)N2C(=O)c3cccc(N4CCC(C5CCN(CCc6ccc(Oc7cc8c(cc7F)c(N7CCC(=O)NC7=O)nn8C)cc6)CC5(F)F)CC4)c3C2=O)ccc1OC. The van der Waals surface area contributed by atoms with E-state index in [-0.39, 0.29) is 48.1 Å². The zero-order valence-electron chi connectivity index (χ0n) is 39.3. The second kappa shape index (κ2) is 19.3. The highest BCUT2D eigenvalue weighted by Crippen LogP contribution is 2.45. The third kappa shape index (κ3) is 9.62. The summed E-state index contributed by atoms with van der Waals surface area (Å²) in [7, 11) is -0.572. The van der Waals surface area contributed by atoms with Crippen LogP contribution in [-0.4, -0.2) is 123 Å². The maximum absolute atomic E-state index is 16.1. The number of fused-ring (bicyclic) bond motifs is 2. The van der Waals surface area contributed by atoms with Gasteiger partial charge in [0.2, 0.25) is 5.91 Å². The number of ether oxygens (including phenoxy) is 3. The van der Waals surface area contributed by atoms with Crippen LogP contribution in [0.1, 0.15) is 70.5 Å². The van der Waals surface area contributed by atoms with Crippen molar-refractivity contribution in [1.29, 1.82) is 0 Å². The molecule has 20 heteroatoms. The van der Waals surface area contributed by atoms with Crippen LogP contribution in [0.2, 0.25) is 0 Å². The highest BCUT2D eigenvalue weighted by atomic mass is 32.2. The Morgan fingerprint density at radius 3 is 2.34 bits per heavy atom. The number of rotatable bonds is 15. The predicted octanol–water partition coefficient (Wildman–Crippen LogP) is 7.16. The van der Waals surface area contributed by atoms with Crippen molar-refractivity contribution in [2.75, 3.05) is 74.8 Å². The first-order chi connectivity index (χ1) is 33.4. The van der Waals surface area contributed by atoms with Gasteiger partial charge < -0.3 is 19.1 Å². The third-order valence-corrected chi connectivity index (χ3v) is 14.7. The highest BCUT2D eigenvalue weighted by Gasteiger charge is 2.49. The summed E-state index contributed by atoms with van der Waals surface area (Å²) in [6, 6.07) is 17.8. The lowest BCUT2D eigenvalue weighted by Crippen LogP contribution is -2.52. The van der Waals surface area contributed by atoms with Gasteiger partial charge in [0, 0.05) is 63.3 Å². The summed E-state index contributed by atoms with van der Waals surface area (Å²) in [6.07, 6.45) is 2.91. The van der Waals surface area contributed by atoms with E-state index in [1.807, 2.05) is 17.0 Å². The summed E-state index contributed by atoms with van der Waals surface area (Å²) in [5, 5.41) is 7.03. The summed E-state index contributed by atoms with van der Waals surface area (Å²) < 4.78 is 91.6. The number of halogens is 3. The molecule has 0 saturated carbocycles. The number of piperidine rings is 2. The maximum atomic E-state index is 16.1. The summed E-state index contributed by atoms with van der Waals surface area (Å²) >= 11 is 0. The number of carbonyl (C=O) groups is 4. The molecule has 5 heterocycles. The molecule has 0 aliphatic carbocycles. The maximum Gasteiger partial charge on any atom is 0.329 e. The van der Waals surface area contributed by atoms with Crippen LogP contribution in [0.5, 0.6) is 23.0 Å². The van der Waals surface area contributed by atoms with E-state index in [2.05, 4.69) is 10.4 Å². The molecule has 2 atom stereocenters. The summed E-state index contributed by atoms with van der Waals surface area (Å²) in [4.78, 5) is 58.6. The lowest BCUT2D eigenvalue weighted by molar-refractivity contribution is -0.131. The van der Waals surface area contributed by atoms with Crippen LogP contribution in [0.4, 0.5) is 29.5 Å². The van der Waals surface area contributed by atoms with Gasteiger partial charge in [-0.1, -0.05) is 24.3 Å². The number of methoxy groups -OCH3 is 1. The first-order valence-electron chi connectivity index (χ1n) is 23.3. The van der Waals surface area contributed by atoms with Crippen LogP contribution in [0.25, 0.3) is 10.9 Å². The smallest absolute Gasteiger partial charge is 0.329 e. The molecule has 16 nitrogen and oxygen atoms in total. The number of imide groups is 2. The number of hydrogen-bond acceptors (Lipinski definition) is 12. The summed E-state index contributed by atoms with van der Waals surface area (Å²) in [6.45, 7) is 3.55. The van der Waals surface area contributed by atoms with Gasteiger partial charge in [0.05, 0.1) is 54.4 Å². The Balaban J connectivity index is 0.800. The van der Waals surface area contributed by atoms with Crippen LogP contribution in [0, 0.1) is 17.7 Å². The van der Waals surface area contributed by atoms with E-state index in [9.17, 15) is 27.6 Å². The summed E-state index contributed by atoms with van der Waals surface area (Å²) in [5.41, 5.74) is 2.64. The van der Waals surface area contributed by atoms with Crippen LogP contribution in [0.3, 0.4) is 0 Å². The van der Waals surface area contributed by atoms with Gasteiger partial charge in [-0.15, -0.1) is 0 Å². The number of nitrogens with zero attached hydrogens (tertiary/aromatic N) is 6. The molecule has 4 aliphatic rings. The van der Waals surface area contributed by atoms with Crippen LogP contribution < -0.4 is 29.3 Å². The molecule has 5 amide bonds. The standard InChI is InChI=1S/C50H54F3N7O9S/c1-5-68-43-25-32(11-14-41(43)67-3)40(28-70(4,65)66)60-47(62)34-7-6-8-38(45(34)48(60)63)58-22-16-31(17-23-58)36-18-21-57(29-50(36,52)53)20-15-30-9-12-33(13-10-30)69-42-27-39-35(26-37(42)51)46(55-56(39)2)59-24-19-44(61)54-49(59)64/h6-14,25-27,31,36,40H,5,15-24,28-29H2,1-4H3,(H,54,61,64). The van der Waals surface area contributed by atoms with E-state index in [1.54, 1.807) is 67.4 Å². The van der Waals surface area contributed by atoms with Gasteiger partial charge in [0.25, 0.3) is 17.7 Å². The van der Waals surface area contributed by atoms with Crippen molar-refractivity contribution in [1.82, 2.24) is 24.9 Å². The number of amides is 5. The number of urea groups is 1. The first kappa shape index (κ1) is 48.4. The van der Waals surface area contributed by atoms with E-state index in [0.717, 1.165) is 16.7 Å². The molecule has 4 aromatic carbocycles. The van der Waals surface area contributed by atoms with Crippen molar-refractivity contribution in [2.45, 2.75) is 51.0 Å². The van der Waals surface area contributed by atoms with Crippen molar-refractivity contribution in [3.63, 3.8) is 0 Å². The van der Waals surface area contributed by atoms with Crippen LogP contribution >= 0.6 is 0 Å². The predicted molar refractivity (Wildman–Crippen MR) is 254 cm³/mol. The fourth-order valence-electron chi connectivity index (χ4n) is 10.4. The molecule has 5 aromatic rings. The number of sulfone groups is 1. The van der Waals surface area contributed by atoms with E-state index < -0.39 is 63.0 Å². The van der Waals surface area contributed by atoms with Gasteiger partial charge in [0.15, 0.2) is 28.9 Å². The molecule has 2 unspecified atom stereocenters. The van der Waals surface area contributed by atoms with Gasteiger partial charge in [-0.25, -0.2) is 26.4 Å². The van der Waals surface area contributed by atoms with Crippen molar-refractivity contribution in [3.05, 3.63) is 101 Å². The molecule has 1 aromatic heterocycles. The van der Waals surface area contributed by atoms with Gasteiger partial charge in [0.1, 0.15) is 15.6 Å². The molecule has 3 saturated heterocycles. The fourth-order valence-corrected chi connectivity index (χ4v) is 11.3. The number of aryl methyl sites for hydroxylation is 1. The van der Waals surface area contributed by atoms with Gasteiger partial charge >= 0.3 is 6.03 Å². The number of hydrogen-bond donors (Lipinski definition) is 1. The second-order valence-electron chi connectivity index (χ2n) is 18.4. The number of benzene rings is 4. The van der Waals surface area contributed by atoms with Crippen molar-refractivity contribution >= 4 is 56.0 Å². The van der Waals surface area contributed by atoms with Gasteiger partial charge in [-0.05, 0) is 98.7 Å². The summed E-state index contributed by atoms with van der Waals surface area (Å²) in [5.74, 6) is -5.52. The molecule has 4 aliphatic heterocycles. The van der Waals surface area contributed by atoms with Gasteiger partial charge in [-0.3, -0.25) is 39.1 Å². The largest absolute Gasteiger partial charge is 0.493 e. The Morgan fingerprint density at radius 1 is 0.900 bits per heavy atom. The molecule has 0 radical (unpaired) electrons. The number of likely N-dealkylation sites (tertiary alicyclic amines) is 1. The Kier molecular flexibility index (Phi) is 13.3. The number of carbonyl (C=O) groups excluding carboxylic acids is 4. The van der Waals surface area contributed by atoms with E-state index in [4.69, 9.17) is 14.2 Å². The zero-order valence-corrected chi connectivity index (χ0v) is 40.1. The molecule has 70 heavy (non-hydrogen) atoms. The number of nitrogens with one attached hydrogen (secondary N) is 1. The lowest BCUT2D eigenvalue weighted by atomic mass is 9.76. The first-order valence-corrected chi connectivity index (χ1v) is 25.4. The average Bonchev–Trinajstić information content (AvgIpc) is 3.77. The minimum absolute atomic E-state index is 0.0500. The molecule has 0 bridgehead atoms. The topological polar surface area (TPSA) is 173 Å². The van der Waals surface area contributed by atoms with E-state index in [1.165, 1.54) is 28.8 Å². The minimum Gasteiger partial charge on any atom is -0.493 e. The van der Waals surface area contributed by atoms with Crippen LogP contribution in [-0.2, 0) is 28.1 Å². The van der Waals surface area contributed by atoms with Gasteiger partial charge in [-0.2, -0.15) is 5.10 Å². The quantitative estimate of drug-likeness (QED) is 0.105. The van der Waals surface area contributed by atoms with Crippen molar-refractivity contribution < 1.29 is 55.0 Å². The number of alkyl halides is 2.